The predicted octanol–water partition coefficient (Wildman–Crippen LogP) is 1.95. The first kappa shape index (κ1) is 14.8. The molecule has 20 heavy (non-hydrogen) atoms. The van der Waals surface area contributed by atoms with E-state index in [1.54, 1.807) is 0 Å². The molecule has 2 aromatic heterocycles. The van der Waals surface area contributed by atoms with Gasteiger partial charge in [0.05, 0.1) is 0 Å². The monoisotopic (exact) mass is 311 g/mol. The Bertz CT molecular complexity index is 570. The van der Waals surface area contributed by atoms with E-state index in [-0.39, 0.29) is 5.95 Å². The molecule has 9 heteroatoms. The van der Waals surface area contributed by atoms with E-state index in [1.807, 2.05) is 25.1 Å². The molecule has 7 nitrogen and oxygen atoms in total. The van der Waals surface area contributed by atoms with Crippen LogP contribution in [0.25, 0.3) is 0 Å². The zero-order valence-corrected chi connectivity index (χ0v) is 13.3. The highest BCUT2D eigenvalue weighted by Gasteiger charge is 2.10. The molecule has 0 aromatic carbocycles. The van der Waals surface area contributed by atoms with Gasteiger partial charge in [0.1, 0.15) is 10.8 Å². The van der Waals surface area contributed by atoms with Crippen LogP contribution in [0.3, 0.4) is 0 Å². The van der Waals surface area contributed by atoms with Gasteiger partial charge in [-0.25, -0.2) is 4.98 Å². The summed E-state index contributed by atoms with van der Waals surface area (Å²) in [6, 6.07) is 1.87. The predicted molar refractivity (Wildman–Crippen MR) is 83.6 cm³/mol. The molecule has 0 saturated heterocycles. The van der Waals surface area contributed by atoms with Crippen LogP contribution in [0, 0.1) is 0 Å². The molecule has 0 unspecified atom stereocenters. The van der Waals surface area contributed by atoms with Crippen molar-refractivity contribution in [2.24, 2.45) is 0 Å². The average molecular weight is 311 g/mol. The molecule has 0 amide bonds. The maximum absolute atomic E-state index is 5.72. The van der Waals surface area contributed by atoms with Crippen molar-refractivity contribution in [1.29, 1.82) is 0 Å². The Morgan fingerprint density at radius 1 is 1.35 bits per heavy atom. The molecule has 0 saturated carbocycles. The lowest BCUT2D eigenvalue weighted by molar-refractivity contribution is 0.953. The molecule has 0 aliphatic heterocycles. The number of hydrogen-bond acceptors (Lipinski definition) is 9. The Kier molecular flexibility index (Phi) is 4.96. The van der Waals surface area contributed by atoms with E-state index in [0.29, 0.717) is 0 Å². The van der Waals surface area contributed by atoms with E-state index in [1.165, 1.54) is 23.1 Å². The summed E-state index contributed by atoms with van der Waals surface area (Å²) >= 11 is 2.95. The van der Waals surface area contributed by atoms with Crippen LogP contribution in [0.15, 0.2) is 15.4 Å². The summed E-state index contributed by atoms with van der Waals surface area (Å²) in [7, 11) is 3.87. The van der Waals surface area contributed by atoms with Crippen molar-refractivity contribution in [2.45, 2.75) is 22.7 Å². The fourth-order valence-electron chi connectivity index (χ4n) is 1.35. The summed E-state index contributed by atoms with van der Waals surface area (Å²) in [6.45, 7) is 2.95. The Hall–Kier alpha value is -1.61. The SMILES string of the molecule is CCCNc1cc(Sc2nnc(N(C)C)s2)nc(N)n1. The molecule has 108 valence electrons. The molecule has 0 radical (unpaired) electrons. The van der Waals surface area contributed by atoms with E-state index in [4.69, 9.17) is 5.73 Å². The molecule has 3 N–H and O–H groups in total. The lowest BCUT2D eigenvalue weighted by atomic mass is 10.4. The second-order valence-electron chi connectivity index (χ2n) is 4.22. The second kappa shape index (κ2) is 6.71. The van der Waals surface area contributed by atoms with Gasteiger partial charge in [-0.3, -0.25) is 0 Å². The van der Waals surface area contributed by atoms with Crippen molar-refractivity contribution >= 4 is 40.0 Å². The first-order chi connectivity index (χ1) is 9.58. The zero-order chi connectivity index (χ0) is 14.5. The van der Waals surface area contributed by atoms with E-state index in [2.05, 4.69) is 32.4 Å². The first-order valence-corrected chi connectivity index (χ1v) is 7.79. The molecule has 2 heterocycles. The minimum absolute atomic E-state index is 0.256. The third-order valence-corrected chi connectivity index (χ3v) is 4.31. The summed E-state index contributed by atoms with van der Waals surface area (Å²) in [6.07, 6.45) is 1.02. The molecule has 0 bridgehead atoms. The number of nitrogen functional groups attached to an aromatic ring is 1. The van der Waals surface area contributed by atoms with Crippen molar-refractivity contribution in [3.05, 3.63) is 6.07 Å². The van der Waals surface area contributed by atoms with Gasteiger partial charge < -0.3 is 16.0 Å². The molecule has 2 aromatic rings. The minimum atomic E-state index is 0.256. The summed E-state index contributed by atoms with van der Waals surface area (Å²) in [5.74, 6) is 0.991. The van der Waals surface area contributed by atoms with Crippen molar-refractivity contribution in [2.75, 3.05) is 36.6 Å². The molecule has 0 atom stereocenters. The normalized spacial score (nSPS) is 10.6. The Morgan fingerprint density at radius 2 is 2.15 bits per heavy atom. The summed E-state index contributed by atoms with van der Waals surface area (Å²) < 4.78 is 0.827. The van der Waals surface area contributed by atoms with Gasteiger partial charge in [0.2, 0.25) is 11.1 Å². The fraction of sp³-hybridized carbons (Fsp3) is 0.455. The van der Waals surface area contributed by atoms with Gasteiger partial charge >= 0.3 is 0 Å². The smallest absolute Gasteiger partial charge is 0.223 e. The quantitative estimate of drug-likeness (QED) is 0.782. The van der Waals surface area contributed by atoms with Gasteiger partial charge in [-0.05, 0) is 18.2 Å². The summed E-state index contributed by atoms with van der Waals surface area (Å²) in [5.41, 5.74) is 5.72. The molecular weight excluding hydrogens is 294 g/mol. The maximum Gasteiger partial charge on any atom is 0.223 e. The van der Waals surface area contributed by atoms with Crippen molar-refractivity contribution in [3.63, 3.8) is 0 Å². The highest BCUT2D eigenvalue weighted by Crippen LogP contribution is 2.32. The van der Waals surface area contributed by atoms with Gasteiger partial charge in [0.25, 0.3) is 0 Å². The van der Waals surface area contributed by atoms with E-state index < -0.39 is 0 Å². The molecule has 0 fully saturated rings. The van der Waals surface area contributed by atoms with E-state index in [0.717, 1.165) is 33.3 Å². The number of rotatable bonds is 6. The average Bonchev–Trinajstić information content (AvgIpc) is 2.84. The second-order valence-corrected chi connectivity index (χ2v) is 6.45. The van der Waals surface area contributed by atoms with Crippen LogP contribution in [0.4, 0.5) is 16.9 Å². The number of aromatic nitrogens is 4. The van der Waals surface area contributed by atoms with E-state index in [9.17, 15) is 0 Å². The molecule has 0 aliphatic carbocycles. The van der Waals surface area contributed by atoms with Gasteiger partial charge in [-0.15, -0.1) is 10.2 Å². The van der Waals surface area contributed by atoms with Crippen LogP contribution in [-0.2, 0) is 0 Å². The summed E-state index contributed by atoms with van der Waals surface area (Å²) in [5, 5.41) is 13.0. The van der Waals surface area contributed by atoms with Crippen LogP contribution in [-0.4, -0.2) is 40.8 Å². The summed E-state index contributed by atoms with van der Waals surface area (Å²) in [4.78, 5) is 10.3. The zero-order valence-electron chi connectivity index (χ0n) is 11.6. The molecule has 0 aliphatic rings. The van der Waals surface area contributed by atoms with Crippen LogP contribution in [0.1, 0.15) is 13.3 Å². The largest absolute Gasteiger partial charge is 0.370 e. The maximum atomic E-state index is 5.72. The molecule has 2 rings (SSSR count). The molecular formula is C11H17N7S2. The van der Waals surface area contributed by atoms with Gasteiger partial charge in [-0.1, -0.05) is 18.3 Å². The third-order valence-electron chi connectivity index (χ3n) is 2.25. The van der Waals surface area contributed by atoms with Crippen LogP contribution < -0.4 is 16.0 Å². The number of nitrogens with one attached hydrogen (secondary N) is 1. The lowest BCUT2D eigenvalue weighted by Gasteiger charge is -2.06. The minimum Gasteiger partial charge on any atom is -0.370 e. The Balaban J connectivity index is 2.13. The Labute approximate surface area is 126 Å². The lowest BCUT2D eigenvalue weighted by Crippen LogP contribution is -2.07. The van der Waals surface area contributed by atoms with Gasteiger partial charge in [-0.2, -0.15) is 4.98 Å². The van der Waals surface area contributed by atoms with Crippen LogP contribution >= 0.6 is 23.1 Å². The fourth-order valence-corrected chi connectivity index (χ4v) is 3.07. The van der Waals surface area contributed by atoms with Crippen LogP contribution in [0.2, 0.25) is 0 Å². The van der Waals surface area contributed by atoms with Crippen LogP contribution in [0.5, 0.6) is 0 Å². The molecule has 0 spiro atoms. The van der Waals surface area contributed by atoms with Gasteiger partial charge in [0, 0.05) is 26.7 Å². The highest BCUT2D eigenvalue weighted by atomic mass is 32.2. The Morgan fingerprint density at radius 3 is 2.80 bits per heavy atom. The van der Waals surface area contributed by atoms with Crippen molar-refractivity contribution < 1.29 is 0 Å². The third kappa shape index (κ3) is 3.94. The highest BCUT2D eigenvalue weighted by molar-refractivity contribution is 8.01. The first-order valence-electron chi connectivity index (χ1n) is 6.15. The van der Waals surface area contributed by atoms with Gasteiger partial charge in [0.15, 0.2) is 4.34 Å². The standard InChI is InChI=1S/C11H17N7S2/c1-4-5-13-7-6-8(15-9(12)14-7)19-11-17-16-10(20-11)18(2)3/h6H,4-5H2,1-3H3,(H3,12,13,14,15). The number of hydrogen-bond donors (Lipinski definition) is 2. The number of nitrogens with zero attached hydrogens (tertiary/aromatic N) is 5. The van der Waals surface area contributed by atoms with Crippen molar-refractivity contribution in [3.8, 4) is 0 Å². The van der Waals surface area contributed by atoms with Crippen molar-refractivity contribution in [1.82, 2.24) is 20.2 Å². The topological polar surface area (TPSA) is 92.9 Å². The van der Waals surface area contributed by atoms with E-state index >= 15 is 0 Å². The number of anilines is 3. The number of nitrogens with two attached hydrogens (primary N) is 1.